The molecule has 4 nitrogen and oxygen atoms in total. The second-order valence-corrected chi connectivity index (χ2v) is 6.86. The van der Waals surface area contributed by atoms with Crippen molar-refractivity contribution in [1.82, 2.24) is 10.2 Å². The molecule has 1 atom stereocenters. The molecule has 0 aromatic heterocycles. The summed E-state index contributed by atoms with van der Waals surface area (Å²) < 4.78 is 5.83. The van der Waals surface area contributed by atoms with E-state index in [1.807, 2.05) is 29.2 Å². The van der Waals surface area contributed by atoms with E-state index < -0.39 is 0 Å². The molecule has 2 heterocycles. The van der Waals surface area contributed by atoms with Crippen LogP contribution >= 0.6 is 11.6 Å². The Hall–Kier alpha value is -1.10. The average Bonchev–Trinajstić information content (AvgIpc) is 2.61. The molecule has 0 aliphatic carbocycles. The van der Waals surface area contributed by atoms with E-state index in [-0.39, 0.29) is 12.0 Å². The summed E-state index contributed by atoms with van der Waals surface area (Å²) in [4.78, 5) is 14.5. The first-order valence-electron chi connectivity index (χ1n) is 8.58. The number of hydrogen-bond acceptors (Lipinski definition) is 3. The van der Waals surface area contributed by atoms with Crippen molar-refractivity contribution in [2.45, 2.75) is 31.8 Å². The first kappa shape index (κ1) is 16.7. The van der Waals surface area contributed by atoms with E-state index in [1.165, 1.54) is 12.8 Å². The highest BCUT2D eigenvalue weighted by Gasteiger charge is 2.27. The molecule has 3 rings (SSSR count). The minimum atomic E-state index is -0.111. The van der Waals surface area contributed by atoms with Gasteiger partial charge in [0.05, 0.1) is 13.2 Å². The van der Waals surface area contributed by atoms with Crippen LogP contribution in [0.2, 0.25) is 5.02 Å². The number of nitrogens with one attached hydrogen (secondary N) is 1. The van der Waals surface area contributed by atoms with E-state index >= 15 is 0 Å². The van der Waals surface area contributed by atoms with Crippen molar-refractivity contribution < 1.29 is 9.53 Å². The summed E-state index contributed by atoms with van der Waals surface area (Å²) in [5, 5.41) is 4.08. The number of hydrogen-bond donors (Lipinski definition) is 1. The summed E-state index contributed by atoms with van der Waals surface area (Å²) >= 11 is 6.26. The molecule has 1 aromatic rings. The lowest BCUT2D eigenvalue weighted by molar-refractivity contribution is -0.139. The highest BCUT2D eigenvalue weighted by atomic mass is 35.5. The van der Waals surface area contributed by atoms with Crippen LogP contribution in [0.15, 0.2) is 24.3 Å². The number of piperidine rings is 1. The zero-order chi connectivity index (χ0) is 16.1. The Labute approximate surface area is 143 Å². The highest BCUT2D eigenvalue weighted by molar-refractivity contribution is 6.31. The number of rotatable bonds is 4. The Morgan fingerprint density at radius 1 is 1.30 bits per heavy atom. The van der Waals surface area contributed by atoms with Crippen molar-refractivity contribution in [3.63, 3.8) is 0 Å². The summed E-state index contributed by atoms with van der Waals surface area (Å²) in [6.07, 6.45) is 3.94. The lowest BCUT2D eigenvalue weighted by Gasteiger charge is -2.34. The number of carbonyl (C=O) groups is 1. The van der Waals surface area contributed by atoms with Crippen molar-refractivity contribution in [1.29, 1.82) is 0 Å². The van der Waals surface area contributed by atoms with Crippen LogP contribution in [0.5, 0.6) is 0 Å². The third kappa shape index (κ3) is 4.46. The third-order valence-corrected chi connectivity index (χ3v) is 5.24. The molecule has 2 saturated heterocycles. The number of amides is 1. The lowest BCUT2D eigenvalue weighted by atomic mass is 9.93. The molecule has 0 saturated carbocycles. The van der Waals surface area contributed by atoms with Gasteiger partial charge in [-0.1, -0.05) is 29.8 Å². The van der Waals surface area contributed by atoms with Crippen LogP contribution in [-0.2, 0) is 9.53 Å². The predicted octanol–water partition coefficient (Wildman–Crippen LogP) is 3.02. The number of carbonyl (C=O) groups excluding carboxylic acids is 1. The van der Waals surface area contributed by atoms with Crippen molar-refractivity contribution in [2.24, 2.45) is 5.92 Å². The maximum Gasteiger partial charge on any atom is 0.222 e. The molecule has 1 aromatic carbocycles. The van der Waals surface area contributed by atoms with Gasteiger partial charge in [0.25, 0.3) is 0 Å². The number of halogens is 1. The molecule has 0 radical (unpaired) electrons. The number of ether oxygens (including phenoxy) is 1. The number of nitrogens with zero attached hydrogens (tertiary/aromatic N) is 1. The van der Waals surface area contributed by atoms with Crippen LogP contribution in [0.4, 0.5) is 0 Å². The fraction of sp³-hybridized carbons (Fsp3) is 0.611. The molecule has 1 unspecified atom stereocenters. The van der Waals surface area contributed by atoms with Gasteiger partial charge in [-0.25, -0.2) is 0 Å². The summed E-state index contributed by atoms with van der Waals surface area (Å²) in [6.45, 7) is 4.05. The van der Waals surface area contributed by atoms with Gasteiger partial charge in [-0.05, 0) is 44.3 Å². The van der Waals surface area contributed by atoms with Gasteiger partial charge >= 0.3 is 0 Å². The predicted molar refractivity (Wildman–Crippen MR) is 91.6 cm³/mol. The molecule has 5 heteroatoms. The van der Waals surface area contributed by atoms with E-state index in [9.17, 15) is 4.79 Å². The second-order valence-electron chi connectivity index (χ2n) is 6.45. The minimum absolute atomic E-state index is 0.111. The van der Waals surface area contributed by atoms with Gasteiger partial charge < -0.3 is 15.0 Å². The minimum Gasteiger partial charge on any atom is -0.370 e. The lowest BCUT2D eigenvalue weighted by Crippen LogP contribution is -2.42. The van der Waals surface area contributed by atoms with Gasteiger partial charge in [0.1, 0.15) is 6.10 Å². The molecular formula is C18H25ClN2O2. The largest absolute Gasteiger partial charge is 0.370 e. The first-order chi connectivity index (χ1) is 11.2. The topological polar surface area (TPSA) is 41.6 Å². The molecule has 2 aliphatic rings. The Kier molecular flexibility index (Phi) is 5.92. The normalized spacial score (nSPS) is 23.0. The quantitative estimate of drug-likeness (QED) is 0.919. The third-order valence-electron chi connectivity index (χ3n) is 4.90. The van der Waals surface area contributed by atoms with Crippen LogP contribution in [0.25, 0.3) is 0 Å². The SMILES string of the molecule is O=C(CCC1CCNCC1)N1CCOC(c2ccccc2Cl)C1. The summed E-state index contributed by atoms with van der Waals surface area (Å²) in [6, 6.07) is 7.73. The van der Waals surface area contributed by atoms with E-state index in [4.69, 9.17) is 16.3 Å². The van der Waals surface area contributed by atoms with Gasteiger partial charge in [-0.15, -0.1) is 0 Å². The Morgan fingerprint density at radius 2 is 2.09 bits per heavy atom. The van der Waals surface area contributed by atoms with Crippen LogP contribution < -0.4 is 5.32 Å². The van der Waals surface area contributed by atoms with Gasteiger partial charge in [0.15, 0.2) is 0 Å². The molecule has 126 valence electrons. The van der Waals surface area contributed by atoms with Crippen LogP contribution in [-0.4, -0.2) is 43.6 Å². The van der Waals surface area contributed by atoms with E-state index in [1.54, 1.807) is 0 Å². The monoisotopic (exact) mass is 336 g/mol. The smallest absolute Gasteiger partial charge is 0.222 e. The van der Waals surface area contributed by atoms with Gasteiger partial charge in [-0.2, -0.15) is 0 Å². The van der Waals surface area contributed by atoms with Crippen LogP contribution in [0.1, 0.15) is 37.4 Å². The number of benzene rings is 1. The Bertz CT molecular complexity index is 532. The number of morpholine rings is 1. The molecule has 0 spiro atoms. The molecule has 2 aliphatic heterocycles. The Balaban J connectivity index is 1.53. The van der Waals surface area contributed by atoms with Crippen LogP contribution in [0.3, 0.4) is 0 Å². The molecule has 2 fully saturated rings. The zero-order valence-electron chi connectivity index (χ0n) is 13.5. The average molecular weight is 337 g/mol. The zero-order valence-corrected chi connectivity index (χ0v) is 14.2. The van der Waals surface area contributed by atoms with Gasteiger partial charge in [0, 0.05) is 23.6 Å². The standard InChI is InChI=1S/C18H25ClN2O2/c19-16-4-2-1-3-15(16)17-13-21(11-12-23-17)18(22)6-5-14-7-9-20-10-8-14/h1-4,14,17,20H,5-13H2. The summed E-state index contributed by atoms with van der Waals surface area (Å²) in [5.74, 6) is 0.949. The molecular weight excluding hydrogens is 312 g/mol. The Morgan fingerprint density at radius 3 is 2.87 bits per heavy atom. The molecule has 1 N–H and O–H groups in total. The van der Waals surface area contributed by atoms with Gasteiger partial charge in [-0.3, -0.25) is 4.79 Å². The van der Waals surface area contributed by atoms with Gasteiger partial charge in [0.2, 0.25) is 5.91 Å². The fourth-order valence-electron chi connectivity index (χ4n) is 3.46. The summed E-state index contributed by atoms with van der Waals surface area (Å²) in [5.41, 5.74) is 0.977. The van der Waals surface area contributed by atoms with E-state index in [0.717, 1.165) is 25.1 Å². The molecule has 23 heavy (non-hydrogen) atoms. The summed E-state index contributed by atoms with van der Waals surface area (Å²) in [7, 11) is 0. The van der Waals surface area contributed by atoms with Crippen molar-refractivity contribution in [2.75, 3.05) is 32.8 Å². The first-order valence-corrected chi connectivity index (χ1v) is 8.96. The van der Waals surface area contributed by atoms with Crippen molar-refractivity contribution in [3.05, 3.63) is 34.9 Å². The van der Waals surface area contributed by atoms with E-state index in [2.05, 4.69) is 5.32 Å². The van der Waals surface area contributed by atoms with Crippen LogP contribution in [0, 0.1) is 5.92 Å². The maximum absolute atomic E-state index is 12.5. The second kappa shape index (κ2) is 8.13. The highest BCUT2D eigenvalue weighted by Crippen LogP contribution is 2.29. The van der Waals surface area contributed by atoms with Crippen molar-refractivity contribution >= 4 is 17.5 Å². The molecule has 1 amide bonds. The fourth-order valence-corrected chi connectivity index (χ4v) is 3.71. The van der Waals surface area contributed by atoms with Crippen molar-refractivity contribution in [3.8, 4) is 0 Å². The maximum atomic E-state index is 12.5. The van der Waals surface area contributed by atoms with E-state index in [0.29, 0.717) is 37.1 Å². The molecule has 0 bridgehead atoms.